The van der Waals surface area contributed by atoms with Crippen LogP contribution < -0.4 is 4.90 Å². The molecule has 1 atom stereocenters. The topological polar surface area (TPSA) is 41.5 Å². The molecule has 1 aliphatic carbocycles. The minimum Gasteiger partial charge on any atom is -0.381 e. The first-order chi connectivity index (χ1) is 10.2. The molecular formula is C16H26N4O. The van der Waals surface area contributed by atoms with Gasteiger partial charge in [-0.15, -0.1) is 5.10 Å². The summed E-state index contributed by atoms with van der Waals surface area (Å²) < 4.78 is 5.38. The summed E-state index contributed by atoms with van der Waals surface area (Å²) in [5.41, 5.74) is 1.13. The number of rotatable bonds is 5. The Hall–Kier alpha value is -1.20. The van der Waals surface area contributed by atoms with Gasteiger partial charge in [0, 0.05) is 27.7 Å². The van der Waals surface area contributed by atoms with E-state index in [0.717, 1.165) is 17.4 Å². The van der Waals surface area contributed by atoms with Crippen molar-refractivity contribution in [3.8, 4) is 0 Å². The zero-order chi connectivity index (χ0) is 14.8. The predicted molar refractivity (Wildman–Crippen MR) is 83.4 cm³/mol. The van der Waals surface area contributed by atoms with Crippen molar-refractivity contribution >= 4 is 5.82 Å². The summed E-state index contributed by atoms with van der Waals surface area (Å²) in [4.78, 5) is 4.58. The Labute approximate surface area is 127 Å². The average Bonchev–Trinajstić information content (AvgIpc) is 2.90. The largest absolute Gasteiger partial charge is 0.381 e. The predicted octanol–water partition coefficient (Wildman–Crippen LogP) is 2.10. The van der Waals surface area contributed by atoms with Crippen LogP contribution >= 0.6 is 0 Å². The van der Waals surface area contributed by atoms with Crippen LogP contribution in [0.4, 0.5) is 5.82 Å². The van der Waals surface area contributed by atoms with E-state index in [1.807, 2.05) is 26.1 Å². The highest BCUT2D eigenvalue weighted by Gasteiger charge is 2.34. The van der Waals surface area contributed by atoms with Crippen LogP contribution in [0.2, 0.25) is 0 Å². The highest BCUT2D eigenvalue weighted by Crippen LogP contribution is 2.36. The molecule has 2 fully saturated rings. The highest BCUT2D eigenvalue weighted by atomic mass is 16.5. The number of hydrogen-bond donors (Lipinski definition) is 0. The number of aromatic nitrogens is 2. The Morgan fingerprint density at radius 3 is 2.71 bits per heavy atom. The fraction of sp³-hybridized carbons (Fsp3) is 0.750. The van der Waals surface area contributed by atoms with Crippen molar-refractivity contribution in [3.05, 3.63) is 17.8 Å². The van der Waals surface area contributed by atoms with Gasteiger partial charge in [0.2, 0.25) is 0 Å². The number of anilines is 1. The third kappa shape index (κ3) is 3.19. The molecule has 0 spiro atoms. The maximum absolute atomic E-state index is 5.38. The van der Waals surface area contributed by atoms with Crippen molar-refractivity contribution < 1.29 is 4.74 Å². The lowest BCUT2D eigenvalue weighted by Crippen LogP contribution is -2.39. The van der Waals surface area contributed by atoms with Gasteiger partial charge in [-0.25, -0.2) is 0 Å². The number of nitrogens with zero attached hydrogens (tertiary/aromatic N) is 4. The quantitative estimate of drug-likeness (QED) is 0.831. The van der Waals surface area contributed by atoms with Crippen LogP contribution in [-0.4, -0.2) is 55.5 Å². The second kappa shape index (κ2) is 6.28. The van der Waals surface area contributed by atoms with E-state index in [2.05, 4.69) is 27.2 Å². The normalized spacial score (nSPS) is 29.4. The first-order valence-electron chi connectivity index (χ1n) is 7.95. The Morgan fingerprint density at radius 2 is 2.10 bits per heavy atom. The van der Waals surface area contributed by atoms with Gasteiger partial charge in [0.15, 0.2) is 5.82 Å². The SMILES string of the molecule is COC1CC(CN2CCCC2c2ccc(N(C)C)nn2)C1. The first-order valence-corrected chi connectivity index (χ1v) is 7.95. The molecule has 1 aliphatic heterocycles. The standard InChI is InChI=1S/C16H26N4O/c1-19(2)16-7-6-14(17-18-16)15-5-4-8-20(15)11-12-9-13(10-12)21-3/h6-7,12-13,15H,4-5,8-11H2,1-3H3. The summed E-state index contributed by atoms with van der Waals surface area (Å²) >= 11 is 0. The fourth-order valence-corrected chi connectivity index (χ4v) is 3.48. The van der Waals surface area contributed by atoms with Crippen LogP contribution in [0, 0.1) is 5.92 Å². The van der Waals surface area contributed by atoms with E-state index in [9.17, 15) is 0 Å². The summed E-state index contributed by atoms with van der Waals surface area (Å²) in [7, 11) is 5.81. The molecule has 21 heavy (non-hydrogen) atoms. The molecule has 1 saturated heterocycles. The Kier molecular flexibility index (Phi) is 4.40. The average molecular weight is 290 g/mol. The molecule has 1 aromatic rings. The summed E-state index contributed by atoms with van der Waals surface area (Å²) in [6.07, 6.45) is 5.39. The molecule has 0 aromatic carbocycles. The Bertz CT molecular complexity index is 456. The molecule has 0 radical (unpaired) electrons. The maximum atomic E-state index is 5.38. The van der Waals surface area contributed by atoms with Crippen molar-refractivity contribution in [1.29, 1.82) is 0 Å². The minimum atomic E-state index is 0.454. The highest BCUT2D eigenvalue weighted by molar-refractivity contribution is 5.35. The number of hydrogen-bond acceptors (Lipinski definition) is 5. The molecule has 0 bridgehead atoms. The van der Waals surface area contributed by atoms with Gasteiger partial charge in [0.1, 0.15) is 0 Å². The van der Waals surface area contributed by atoms with Crippen LogP contribution in [0.5, 0.6) is 0 Å². The molecule has 0 N–H and O–H groups in total. The molecule has 2 aliphatic rings. The third-order valence-corrected chi connectivity index (χ3v) is 4.85. The lowest BCUT2D eigenvalue weighted by molar-refractivity contribution is -0.0124. The van der Waals surface area contributed by atoms with E-state index in [4.69, 9.17) is 4.74 Å². The minimum absolute atomic E-state index is 0.454. The summed E-state index contributed by atoms with van der Waals surface area (Å²) in [6, 6.07) is 4.67. The molecule has 1 unspecified atom stereocenters. The van der Waals surface area contributed by atoms with Crippen molar-refractivity contribution in [1.82, 2.24) is 15.1 Å². The van der Waals surface area contributed by atoms with Crippen LogP contribution in [0.15, 0.2) is 12.1 Å². The van der Waals surface area contributed by atoms with E-state index >= 15 is 0 Å². The van der Waals surface area contributed by atoms with Crippen molar-refractivity contribution in [2.45, 2.75) is 37.8 Å². The van der Waals surface area contributed by atoms with E-state index in [1.165, 1.54) is 38.8 Å². The van der Waals surface area contributed by atoms with Gasteiger partial charge in [-0.05, 0) is 50.3 Å². The van der Waals surface area contributed by atoms with Gasteiger partial charge in [-0.2, -0.15) is 5.10 Å². The van der Waals surface area contributed by atoms with Crippen LogP contribution in [0.3, 0.4) is 0 Å². The lowest BCUT2D eigenvalue weighted by Gasteiger charge is -2.38. The second-order valence-electron chi connectivity index (χ2n) is 6.56. The van der Waals surface area contributed by atoms with Crippen molar-refractivity contribution in [2.75, 3.05) is 39.2 Å². The molecule has 1 aromatic heterocycles. The van der Waals surface area contributed by atoms with Crippen LogP contribution in [0.25, 0.3) is 0 Å². The molecule has 1 saturated carbocycles. The van der Waals surface area contributed by atoms with Crippen molar-refractivity contribution in [2.24, 2.45) is 5.92 Å². The zero-order valence-electron chi connectivity index (χ0n) is 13.3. The van der Waals surface area contributed by atoms with Crippen molar-refractivity contribution in [3.63, 3.8) is 0 Å². The second-order valence-corrected chi connectivity index (χ2v) is 6.56. The summed E-state index contributed by atoms with van der Waals surface area (Å²) in [5.74, 6) is 1.72. The first kappa shape index (κ1) is 14.7. The van der Waals surface area contributed by atoms with Gasteiger partial charge in [-0.3, -0.25) is 4.90 Å². The van der Waals surface area contributed by atoms with Crippen LogP contribution in [0.1, 0.15) is 37.4 Å². The molecule has 3 rings (SSSR count). The molecule has 0 amide bonds. The van der Waals surface area contributed by atoms with E-state index in [0.29, 0.717) is 12.1 Å². The Balaban J connectivity index is 1.61. The third-order valence-electron chi connectivity index (χ3n) is 4.85. The van der Waals surface area contributed by atoms with Crippen LogP contribution in [-0.2, 0) is 4.74 Å². The van der Waals surface area contributed by atoms with E-state index < -0.39 is 0 Å². The van der Waals surface area contributed by atoms with E-state index in [1.54, 1.807) is 0 Å². The molecule has 5 nitrogen and oxygen atoms in total. The number of likely N-dealkylation sites (tertiary alicyclic amines) is 1. The fourth-order valence-electron chi connectivity index (χ4n) is 3.48. The summed E-state index contributed by atoms with van der Waals surface area (Å²) in [5, 5.41) is 8.78. The Morgan fingerprint density at radius 1 is 1.29 bits per heavy atom. The lowest BCUT2D eigenvalue weighted by atomic mass is 9.82. The number of ether oxygens (including phenoxy) is 1. The summed E-state index contributed by atoms with van der Waals surface area (Å²) in [6.45, 7) is 2.37. The van der Waals surface area contributed by atoms with Gasteiger partial charge in [0.25, 0.3) is 0 Å². The molecule has 5 heteroatoms. The molecular weight excluding hydrogens is 264 g/mol. The van der Waals surface area contributed by atoms with Gasteiger partial charge in [0.05, 0.1) is 17.8 Å². The molecule has 2 heterocycles. The molecule has 116 valence electrons. The van der Waals surface area contributed by atoms with Gasteiger partial charge >= 0.3 is 0 Å². The van der Waals surface area contributed by atoms with Gasteiger partial charge in [-0.1, -0.05) is 0 Å². The zero-order valence-corrected chi connectivity index (χ0v) is 13.3. The smallest absolute Gasteiger partial charge is 0.150 e. The number of methoxy groups -OCH3 is 1. The van der Waals surface area contributed by atoms with E-state index in [-0.39, 0.29) is 0 Å². The van der Waals surface area contributed by atoms with Gasteiger partial charge < -0.3 is 9.64 Å². The maximum Gasteiger partial charge on any atom is 0.150 e. The monoisotopic (exact) mass is 290 g/mol.